The average Bonchev–Trinajstić information content (AvgIpc) is 3.30. The fourth-order valence-corrected chi connectivity index (χ4v) is 4.19. The van der Waals surface area contributed by atoms with E-state index in [0.717, 1.165) is 30.1 Å². The van der Waals surface area contributed by atoms with Crippen molar-refractivity contribution < 1.29 is 4.79 Å². The van der Waals surface area contributed by atoms with E-state index in [4.69, 9.17) is 0 Å². The van der Waals surface area contributed by atoms with Gasteiger partial charge in [-0.25, -0.2) is 9.97 Å². The first-order valence-corrected chi connectivity index (χ1v) is 9.67. The molecule has 3 aromatic rings. The number of aromatic nitrogens is 3. The third-order valence-corrected chi connectivity index (χ3v) is 5.64. The van der Waals surface area contributed by atoms with Gasteiger partial charge in [0.25, 0.3) is 5.56 Å². The molecule has 0 N–H and O–H groups in total. The summed E-state index contributed by atoms with van der Waals surface area (Å²) in [6.07, 6.45) is 3.76. The Balaban J connectivity index is 1.48. The van der Waals surface area contributed by atoms with Crippen LogP contribution in [0, 0.1) is 6.92 Å². The van der Waals surface area contributed by atoms with Crippen molar-refractivity contribution in [3.05, 3.63) is 57.0 Å². The molecule has 0 saturated carbocycles. The molecule has 0 aliphatic carbocycles. The standard InChI is InChI=1S/C19H20N4O2S/c1-13-21-16(11-26-13)17-7-4-9-23(17)18(24)8-10-22-12-20-15-6-3-2-5-14(15)19(22)25/h2-3,5-6,11-12,17H,4,7-10H2,1H3. The summed E-state index contributed by atoms with van der Waals surface area (Å²) >= 11 is 1.62. The number of amides is 1. The minimum absolute atomic E-state index is 0.0678. The second-order valence-corrected chi connectivity index (χ2v) is 7.61. The van der Waals surface area contributed by atoms with Crippen molar-refractivity contribution in [3.63, 3.8) is 0 Å². The number of thiazole rings is 1. The van der Waals surface area contributed by atoms with E-state index >= 15 is 0 Å². The van der Waals surface area contributed by atoms with Gasteiger partial charge in [-0.05, 0) is 31.9 Å². The second-order valence-electron chi connectivity index (χ2n) is 6.55. The number of nitrogens with zero attached hydrogens (tertiary/aromatic N) is 4. The van der Waals surface area contributed by atoms with Gasteiger partial charge < -0.3 is 4.90 Å². The van der Waals surface area contributed by atoms with Gasteiger partial charge >= 0.3 is 0 Å². The number of rotatable bonds is 4. The average molecular weight is 368 g/mol. The zero-order chi connectivity index (χ0) is 18.1. The van der Waals surface area contributed by atoms with E-state index in [9.17, 15) is 9.59 Å². The van der Waals surface area contributed by atoms with Crippen LogP contribution in [0.4, 0.5) is 0 Å². The van der Waals surface area contributed by atoms with Gasteiger partial charge in [-0.2, -0.15) is 0 Å². The van der Waals surface area contributed by atoms with Gasteiger partial charge in [0, 0.05) is 24.9 Å². The summed E-state index contributed by atoms with van der Waals surface area (Å²) in [7, 11) is 0. The lowest BCUT2D eigenvalue weighted by atomic mass is 10.1. The fraction of sp³-hybridized carbons (Fsp3) is 0.368. The molecule has 1 aromatic carbocycles. The lowest BCUT2D eigenvalue weighted by molar-refractivity contribution is -0.132. The van der Waals surface area contributed by atoms with Crippen LogP contribution in [0.3, 0.4) is 0 Å². The van der Waals surface area contributed by atoms with Crippen molar-refractivity contribution in [2.75, 3.05) is 6.54 Å². The van der Waals surface area contributed by atoms with E-state index in [0.29, 0.717) is 23.9 Å². The maximum atomic E-state index is 12.7. The quantitative estimate of drug-likeness (QED) is 0.710. The number of aryl methyl sites for hydroxylation is 2. The van der Waals surface area contributed by atoms with Gasteiger partial charge in [0.05, 0.1) is 34.0 Å². The number of benzene rings is 1. The monoisotopic (exact) mass is 368 g/mol. The van der Waals surface area contributed by atoms with Crippen LogP contribution in [-0.4, -0.2) is 31.9 Å². The van der Waals surface area contributed by atoms with Crippen molar-refractivity contribution in [2.45, 2.75) is 38.8 Å². The molecule has 1 saturated heterocycles. The molecule has 0 spiro atoms. The van der Waals surface area contributed by atoms with Gasteiger partial charge in [0.1, 0.15) is 0 Å². The van der Waals surface area contributed by atoms with E-state index in [1.807, 2.05) is 35.4 Å². The van der Waals surface area contributed by atoms with E-state index < -0.39 is 0 Å². The van der Waals surface area contributed by atoms with Gasteiger partial charge in [0.15, 0.2) is 0 Å². The molecule has 1 amide bonds. The lowest BCUT2D eigenvalue weighted by Crippen LogP contribution is -2.32. The largest absolute Gasteiger partial charge is 0.334 e. The van der Waals surface area contributed by atoms with Crippen molar-refractivity contribution in [2.24, 2.45) is 0 Å². The van der Waals surface area contributed by atoms with Gasteiger partial charge in [-0.15, -0.1) is 11.3 Å². The maximum absolute atomic E-state index is 12.7. The molecule has 6 nitrogen and oxygen atoms in total. The van der Waals surface area contributed by atoms with E-state index in [-0.39, 0.29) is 17.5 Å². The highest BCUT2D eigenvalue weighted by Crippen LogP contribution is 2.32. The number of fused-ring (bicyclic) bond motifs is 1. The molecule has 1 unspecified atom stereocenters. The van der Waals surface area contributed by atoms with Crippen LogP contribution in [-0.2, 0) is 11.3 Å². The zero-order valence-electron chi connectivity index (χ0n) is 14.6. The Morgan fingerprint density at radius 1 is 1.35 bits per heavy atom. The van der Waals surface area contributed by atoms with Crippen LogP contribution in [0.15, 0.2) is 40.8 Å². The summed E-state index contributed by atoms with van der Waals surface area (Å²) in [6, 6.07) is 7.34. The molecule has 0 radical (unpaired) electrons. The summed E-state index contributed by atoms with van der Waals surface area (Å²) in [5.74, 6) is 0.0678. The van der Waals surface area contributed by atoms with Gasteiger partial charge in [-0.3, -0.25) is 14.2 Å². The zero-order valence-corrected chi connectivity index (χ0v) is 15.4. The minimum atomic E-state index is -0.100. The van der Waals surface area contributed by atoms with Crippen molar-refractivity contribution in [1.29, 1.82) is 0 Å². The molecule has 26 heavy (non-hydrogen) atoms. The summed E-state index contributed by atoms with van der Waals surface area (Å²) in [4.78, 5) is 36.1. The number of carbonyl (C=O) groups is 1. The van der Waals surface area contributed by atoms with Crippen molar-refractivity contribution in [3.8, 4) is 0 Å². The third kappa shape index (κ3) is 3.14. The van der Waals surface area contributed by atoms with Crippen LogP contribution in [0.25, 0.3) is 10.9 Å². The fourth-order valence-electron chi connectivity index (χ4n) is 3.53. The Morgan fingerprint density at radius 2 is 2.19 bits per heavy atom. The van der Waals surface area contributed by atoms with Crippen LogP contribution < -0.4 is 5.56 Å². The van der Waals surface area contributed by atoms with E-state index in [2.05, 4.69) is 9.97 Å². The number of likely N-dealkylation sites (tertiary alicyclic amines) is 1. The van der Waals surface area contributed by atoms with Crippen molar-refractivity contribution in [1.82, 2.24) is 19.4 Å². The SMILES string of the molecule is Cc1nc(C2CCCN2C(=O)CCn2cnc3ccccc3c2=O)cs1. The third-order valence-electron chi connectivity index (χ3n) is 4.85. The highest BCUT2D eigenvalue weighted by molar-refractivity contribution is 7.09. The Kier molecular flexibility index (Phi) is 4.55. The molecular weight excluding hydrogens is 348 g/mol. The minimum Gasteiger partial charge on any atom is -0.334 e. The Hall–Kier alpha value is -2.54. The number of hydrogen-bond donors (Lipinski definition) is 0. The first kappa shape index (κ1) is 16.9. The van der Waals surface area contributed by atoms with Crippen LogP contribution in [0.2, 0.25) is 0 Å². The predicted molar refractivity (Wildman–Crippen MR) is 101 cm³/mol. The van der Waals surface area contributed by atoms with Crippen LogP contribution in [0.5, 0.6) is 0 Å². The summed E-state index contributed by atoms with van der Waals surface area (Å²) in [6.45, 7) is 3.08. The molecule has 1 atom stereocenters. The summed E-state index contributed by atoms with van der Waals surface area (Å²) in [5, 5.41) is 3.65. The molecule has 1 aliphatic heterocycles. The lowest BCUT2D eigenvalue weighted by Gasteiger charge is -2.23. The smallest absolute Gasteiger partial charge is 0.261 e. The Morgan fingerprint density at radius 3 is 3.00 bits per heavy atom. The van der Waals surface area contributed by atoms with Crippen LogP contribution >= 0.6 is 11.3 Å². The molecule has 3 heterocycles. The molecule has 2 aromatic heterocycles. The summed E-state index contributed by atoms with van der Waals surface area (Å²) < 4.78 is 1.53. The molecule has 1 aliphatic rings. The Bertz CT molecular complexity index is 1010. The van der Waals surface area contributed by atoms with Gasteiger partial charge in [0.2, 0.25) is 5.91 Å². The highest BCUT2D eigenvalue weighted by atomic mass is 32.1. The van der Waals surface area contributed by atoms with Crippen LogP contribution in [0.1, 0.15) is 36.0 Å². The molecule has 7 heteroatoms. The van der Waals surface area contributed by atoms with Crippen molar-refractivity contribution >= 4 is 28.1 Å². The van der Waals surface area contributed by atoms with E-state index in [1.54, 1.807) is 17.4 Å². The highest BCUT2D eigenvalue weighted by Gasteiger charge is 2.31. The molecule has 1 fully saturated rings. The first-order chi connectivity index (χ1) is 12.6. The molecule has 4 rings (SSSR count). The molecular formula is C19H20N4O2S. The maximum Gasteiger partial charge on any atom is 0.261 e. The summed E-state index contributed by atoms with van der Waals surface area (Å²) in [5.41, 5.74) is 1.57. The van der Waals surface area contributed by atoms with E-state index in [1.165, 1.54) is 10.9 Å². The number of carbonyl (C=O) groups excluding carboxylic acids is 1. The Labute approximate surface area is 155 Å². The molecule has 134 valence electrons. The normalized spacial score (nSPS) is 17.1. The molecule has 0 bridgehead atoms. The predicted octanol–water partition coefficient (Wildman–Crippen LogP) is 2.92. The first-order valence-electron chi connectivity index (χ1n) is 8.79. The number of para-hydroxylation sites is 1. The topological polar surface area (TPSA) is 68.1 Å². The van der Waals surface area contributed by atoms with Gasteiger partial charge in [-0.1, -0.05) is 12.1 Å². The number of hydrogen-bond acceptors (Lipinski definition) is 5. The second kappa shape index (κ2) is 6.99.